The lowest BCUT2D eigenvalue weighted by Gasteiger charge is -2.36. The van der Waals surface area contributed by atoms with E-state index < -0.39 is 5.41 Å². The van der Waals surface area contributed by atoms with Gasteiger partial charge in [0, 0.05) is 45.7 Å². The molecule has 7 heteroatoms. The molecule has 12 rings (SSSR count). The summed E-state index contributed by atoms with van der Waals surface area (Å²) in [6.07, 6.45) is 11.9. The highest BCUT2D eigenvalue weighted by Gasteiger charge is 2.51. The highest BCUT2D eigenvalue weighted by atomic mass is 19.1. The second-order valence-electron chi connectivity index (χ2n) is 21.7. The van der Waals surface area contributed by atoms with Crippen LogP contribution in [0.25, 0.3) is 44.0 Å². The molecule has 2 aliphatic carbocycles. The number of hydrogen-bond acceptors (Lipinski definition) is 6. The molecule has 1 atom stereocenters. The molecule has 0 bridgehead atoms. The minimum atomic E-state index is -1.11. The molecule has 356 valence electrons. The number of fused-ring (bicyclic) bond motifs is 9. The summed E-state index contributed by atoms with van der Waals surface area (Å²) in [4.78, 5) is 14.8. The number of furan rings is 2. The van der Waals surface area contributed by atoms with Gasteiger partial charge in [0.25, 0.3) is 0 Å². The van der Waals surface area contributed by atoms with Crippen LogP contribution in [0.1, 0.15) is 93.3 Å². The quantitative estimate of drug-likeness (QED) is 0.151. The van der Waals surface area contributed by atoms with E-state index >= 15 is 4.39 Å². The third kappa shape index (κ3) is 7.19. The van der Waals surface area contributed by atoms with Gasteiger partial charge in [0.1, 0.15) is 34.2 Å². The zero-order valence-corrected chi connectivity index (χ0v) is 42.1. The minimum Gasteiger partial charge on any atom is -0.464 e. The number of anilines is 5. The molecule has 0 saturated heterocycles. The normalized spacial score (nSPS) is 15.7. The number of pyridine rings is 2. The van der Waals surface area contributed by atoms with Crippen molar-refractivity contribution < 1.29 is 13.2 Å². The van der Waals surface area contributed by atoms with E-state index in [1.165, 1.54) is 17.2 Å². The van der Waals surface area contributed by atoms with Gasteiger partial charge in [0.2, 0.25) is 0 Å². The number of nitrogens with zero attached hydrogens (tertiary/aromatic N) is 4. The molecule has 0 saturated carbocycles. The third-order valence-corrected chi connectivity index (χ3v) is 15.0. The second-order valence-corrected chi connectivity index (χ2v) is 21.7. The predicted octanol–water partition coefficient (Wildman–Crippen LogP) is 17.8. The predicted molar refractivity (Wildman–Crippen MR) is 293 cm³/mol. The first kappa shape index (κ1) is 45.1. The number of halogens is 1. The smallest absolute Gasteiger partial charge is 0.145 e. The van der Waals surface area contributed by atoms with Gasteiger partial charge >= 0.3 is 0 Å². The molecular formula is C65H57FN4O2. The summed E-state index contributed by atoms with van der Waals surface area (Å²) in [6.45, 7) is 17.7. The SMILES string of the molecule is Cc1ccc(N(C2=CC=C(C(C)(C)C)CC2)c2cc3c(c4occc24)-c2c(cc(N(c4ccc(C(C)(C)C)cc4)c4ccc(C)cn4)c4c2oc2ccccc24)C3(c2ccccc2)c2cccc(F)c2)nc1. The summed E-state index contributed by atoms with van der Waals surface area (Å²) in [6, 6.07) is 49.9. The molecule has 1 unspecified atom stereocenters. The average molecular weight is 945 g/mol. The van der Waals surface area contributed by atoms with Gasteiger partial charge in [-0.05, 0) is 143 Å². The Bertz CT molecular complexity index is 3790. The molecular weight excluding hydrogens is 888 g/mol. The fraction of sp³-hybridized carbons (Fsp3) is 0.200. The van der Waals surface area contributed by atoms with Crippen molar-refractivity contribution in [1.29, 1.82) is 0 Å². The van der Waals surface area contributed by atoms with Crippen LogP contribution in [0.4, 0.5) is 33.1 Å². The van der Waals surface area contributed by atoms with Crippen molar-refractivity contribution in [3.63, 3.8) is 0 Å². The highest BCUT2D eigenvalue weighted by Crippen LogP contribution is 2.63. The Morgan fingerprint density at radius 2 is 1.22 bits per heavy atom. The lowest BCUT2D eigenvalue weighted by molar-refractivity contribution is 0.479. The van der Waals surface area contributed by atoms with Crippen LogP contribution in [0, 0.1) is 25.1 Å². The Kier molecular flexibility index (Phi) is 10.5. The van der Waals surface area contributed by atoms with Gasteiger partial charge in [-0.25, -0.2) is 14.4 Å². The van der Waals surface area contributed by atoms with Crippen molar-refractivity contribution in [3.05, 3.63) is 232 Å². The molecule has 0 aliphatic heterocycles. The summed E-state index contributed by atoms with van der Waals surface area (Å²) in [5, 5.41) is 2.83. The fourth-order valence-corrected chi connectivity index (χ4v) is 11.3. The maximum Gasteiger partial charge on any atom is 0.145 e. The summed E-state index contributed by atoms with van der Waals surface area (Å²) in [5.74, 6) is 1.23. The van der Waals surface area contributed by atoms with E-state index in [2.05, 4.69) is 187 Å². The van der Waals surface area contributed by atoms with Gasteiger partial charge in [0.15, 0.2) is 0 Å². The number of benzene rings is 6. The molecule has 0 amide bonds. The van der Waals surface area contributed by atoms with E-state index in [0.717, 1.165) is 113 Å². The Balaban J connectivity index is 1.25. The summed E-state index contributed by atoms with van der Waals surface area (Å²) < 4.78 is 30.6. The molecule has 72 heavy (non-hydrogen) atoms. The Labute approximate surface area is 420 Å². The molecule has 4 heterocycles. The number of hydrogen-bond donors (Lipinski definition) is 0. The number of para-hydroxylation sites is 1. The van der Waals surface area contributed by atoms with E-state index in [-0.39, 0.29) is 16.6 Å². The monoisotopic (exact) mass is 944 g/mol. The van der Waals surface area contributed by atoms with Crippen molar-refractivity contribution in [2.75, 3.05) is 9.80 Å². The molecule has 6 aromatic carbocycles. The molecule has 6 nitrogen and oxygen atoms in total. The highest BCUT2D eigenvalue weighted by molar-refractivity contribution is 6.22. The second kappa shape index (κ2) is 16.8. The average Bonchev–Trinajstić information content (AvgIpc) is 4.09. The van der Waals surface area contributed by atoms with E-state index in [1.54, 1.807) is 12.3 Å². The van der Waals surface area contributed by atoms with Gasteiger partial charge in [0.05, 0.1) is 28.4 Å². The summed E-state index contributed by atoms with van der Waals surface area (Å²) >= 11 is 0. The van der Waals surface area contributed by atoms with Crippen LogP contribution in [-0.2, 0) is 10.8 Å². The van der Waals surface area contributed by atoms with Crippen LogP contribution in [-0.4, -0.2) is 9.97 Å². The van der Waals surface area contributed by atoms with Gasteiger partial charge in [-0.15, -0.1) is 0 Å². The van der Waals surface area contributed by atoms with E-state index in [4.69, 9.17) is 18.8 Å². The van der Waals surface area contributed by atoms with Gasteiger partial charge in [-0.2, -0.15) is 0 Å². The largest absolute Gasteiger partial charge is 0.464 e. The Morgan fingerprint density at radius 1 is 0.569 bits per heavy atom. The zero-order chi connectivity index (χ0) is 49.7. The maximum atomic E-state index is 16.4. The van der Waals surface area contributed by atoms with Crippen LogP contribution in [0.3, 0.4) is 0 Å². The van der Waals surface area contributed by atoms with Crippen LogP contribution >= 0.6 is 0 Å². The number of aryl methyl sites for hydroxylation is 2. The maximum absolute atomic E-state index is 16.4. The Hall–Kier alpha value is -8.03. The van der Waals surface area contributed by atoms with Gasteiger partial charge in [-0.1, -0.05) is 138 Å². The van der Waals surface area contributed by atoms with Gasteiger partial charge in [-0.3, -0.25) is 9.80 Å². The molecule has 0 N–H and O–H groups in total. The van der Waals surface area contributed by atoms with Crippen molar-refractivity contribution in [1.82, 2.24) is 9.97 Å². The van der Waals surface area contributed by atoms with Crippen molar-refractivity contribution in [2.24, 2.45) is 5.41 Å². The first-order chi connectivity index (χ1) is 34.7. The van der Waals surface area contributed by atoms with E-state index in [0.29, 0.717) is 11.2 Å². The fourth-order valence-electron chi connectivity index (χ4n) is 11.3. The first-order valence-electron chi connectivity index (χ1n) is 25.0. The molecule has 0 spiro atoms. The van der Waals surface area contributed by atoms with Crippen LogP contribution < -0.4 is 9.80 Å². The first-order valence-corrected chi connectivity index (χ1v) is 25.0. The molecule has 10 aromatic rings. The zero-order valence-electron chi connectivity index (χ0n) is 42.1. The summed E-state index contributed by atoms with van der Waals surface area (Å²) in [5.41, 5.74) is 15.1. The van der Waals surface area contributed by atoms with Crippen LogP contribution in [0.5, 0.6) is 0 Å². The lowest BCUT2D eigenvalue weighted by atomic mass is 9.67. The van der Waals surface area contributed by atoms with Crippen LogP contribution in [0.15, 0.2) is 197 Å². The molecule has 2 aliphatic rings. The Morgan fingerprint density at radius 3 is 1.86 bits per heavy atom. The topological polar surface area (TPSA) is 58.5 Å². The minimum absolute atomic E-state index is 0.0359. The van der Waals surface area contributed by atoms with Crippen molar-refractivity contribution in [2.45, 2.75) is 79.1 Å². The molecule has 4 aromatic heterocycles. The lowest BCUT2D eigenvalue weighted by Crippen LogP contribution is -2.29. The van der Waals surface area contributed by atoms with E-state index in [1.807, 2.05) is 36.7 Å². The molecule has 0 fully saturated rings. The molecule has 0 radical (unpaired) electrons. The van der Waals surface area contributed by atoms with Crippen molar-refractivity contribution >= 4 is 61.6 Å². The number of rotatable bonds is 8. The number of allylic oxidation sites excluding steroid dienone is 4. The van der Waals surface area contributed by atoms with Crippen LogP contribution in [0.2, 0.25) is 0 Å². The van der Waals surface area contributed by atoms with Crippen molar-refractivity contribution in [3.8, 4) is 11.1 Å². The third-order valence-electron chi connectivity index (χ3n) is 15.0. The standard InChI is InChI=1S/C65H57FN4O2/c1-40-21-31-56(67-38-40)69(47-27-23-42(24-28-47)63(3,4)5)53-36-51-59(61-49(53)33-34-71-61)60-52(65(51,44-15-10-9-11-16-44)45-17-14-18-46(66)35-45)37-54(58-50-19-12-13-20-55(50)72-62(58)60)70(57-32-22-41(2)39-68-57)48-29-25-43(26-30-48)64(6,7)8/h9-23,25-27,29-39H,24,28H2,1-8H3. The van der Waals surface area contributed by atoms with Gasteiger partial charge < -0.3 is 8.83 Å². The van der Waals surface area contributed by atoms with E-state index in [9.17, 15) is 0 Å². The number of aromatic nitrogens is 2. The summed E-state index contributed by atoms with van der Waals surface area (Å²) in [7, 11) is 0.